The van der Waals surface area contributed by atoms with Crippen LogP contribution >= 0.6 is 11.6 Å². The molecule has 26 heavy (non-hydrogen) atoms. The van der Waals surface area contributed by atoms with Gasteiger partial charge in [0.25, 0.3) is 0 Å². The quantitative estimate of drug-likeness (QED) is 0.845. The van der Waals surface area contributed by atoms with Crippen molar-refractivity contribution in [2.24, 2.45) is 0 Å². The molecule has 0 spiro atoms. The first-order chi connectivity index (χ1) is 12.3. The lowest BCUT2D eigenvalue weighted by atomic mass is 10.2. The second-order valence-electron chi connectivity index (χ2n) is 6.01. The van der Waals surface area contributed by atoms with Gasteiger partial charge in [0.1, 0.15) is 10.6 Å². The van der Waals surface area contributed by atoms with Crippen LogP contribution in [0, 0.1) is 0 Å². The van der Waals surface area contributed by atoms with Crippen LogP contribution in [0.3, 0.4) is 0 Å². The highest BCUT2D eigenvalue weighted by Crippen LogP contribution is 2.29. The smallest absolute Gasteiger partial charge is 0.245 e. The van der Waals surface area contributed by atoms with E-state index in [-0.39, 0.29) is 21.6 Å². The lowest BCUT2D eigenvalue weighted by Crippen LogP contribution is -2.46. The number of nitrogens with zero attached hydrogens (tertiary/aromatic N) is 1. The first kappa shape index (κ1) is 18.7. The normalized spacial score (nSPS) is 14.8. The third-order valence-corrected chi connectivity index (χ3v) is 6.07. The second-order valence-corrected chi connectivity index (χ2v) is 8.13. The van der Waals surface area contributed by atoms with Crippen LogP contribution in [0.15, 0.2) is 47.4 Å². The van der Waals surface area contributed by atoms with E-state index < -0.39 is 16.1 Å². The Hall–Kier alpha value is -2.09. The number of nitrogens with one attached hydrogen (secondary N) is 1. The van der Waals surface area contributed by atoms with E-state index in [1.807, 2.05) is 24.3 Å². The summed E-state index contributed by atoms with van der Waals surface area (Å²) in [6.45, 7) is 2.06. The van der Waals surface area contributed by atoms with Crippen molar-refractivity contribution < 1.29 is 17.9 Å². The summed E-state index contributed by atoms with van der Waals surface area (Å²) in [5.74, 6) is -0.146. The highest BCUT2D eigenvalue weighted by atomic mass is 35.5. The monoisotopic (exact) mass is 394 g/mol. The Bertz CT molecular complexity index is 946. The summed E-state index contributed by atoms with van der Waals surface area (Å²) in [6.07, 6.45) is 0.753. The van der Waals surface area contributed by atoms with Gasteiger partial charge in [0.05, 0.1) is 13.2 Å². The Morgan fingerprint density at radius 2 is 2.00 bits per heavy atom. The van der Waals surface area contributed by atoms with Crippen molar-refractivity contribution >= 4 is 33.2 Å². The highest BCUT2D eigenvalue weighted by molar-refractivity contribution is 7.89. The molecule has 0 fully saturated rings. The van der Waals surface area contributed by atoms with Gasteiger partial charge in [-0.05, 0) is 43.2 Å². The van der Waals surface area contributed by atoms with Crippen molar-refractivity contribution in [3.63, 3.8) is 0 Å². The molecule has 0 saturated heterocycles. The SMILES string of the molecule is COc1ccc(Cl)cc1S(=O)(=O)N[C@@H](C)C(=O)N1CCc2ccccc21. The van der Waals surface area contributed by atoms with Crippen LogP contribution in [0.25, 0.3) is 0 Å². The fraction of sp³-hybridized carbons (Fsp3) is 0.278. The summed E-state index contributed by atoms with van der Waals surface area (Å²) in [4.78, 5) is 14.3. The summed E-state index contributed by atoms with van der Waals surface area (Å²) in [7, 11) is -2.61. The molecular weight excluding hydrogens is 376 g/mol. The number of ether oxygens (including phenoxy) is 1. The predicted molar refractivity (Wildman–Crippen MR) is 100 cm³/mol. The van der Waals surface area contributed by atoms with Crippen LogP contribution in [0.1, 0.15) is 12.5 Å². The number of carbonyl (C=O) groups excluding carboxylic acids is 1. The Morgan fingerprint density at radius 1 is 1.27 bits per heavy atom. The Kier molecular flexibility index (Phi) is 5.22. The van der Waals surface area contributed by atoms with Crippen LogP contribution in [0.5, 0.6) is 5.75 Å². The van der Waals surface area contributed by atoms with Gasteiger partial charge in [-0.3, -0.25) is 4.79 Å². The van der Waals surface area contributed by atoms with E-state index in [1.165, 1.54) is 32.2 Å². The maximum absolute atomic E-state index is 12.8. The number of hydrogen-bond acceptors (Lipinski definition) is 4. The number of amides is 1. The zero-order valence-corrected chi connectivity index (χ0v) is 16.0. The lowest BCUT2D eigenvalue weighted by molar-refractivity contribution is -0.119. The summed E-state index contributed by atoms with van der Waals surface area (Å²) in [5, 5.41) is 0.263. The third kappa shape index (κ3) is 3.56. The van der Waals surface area contributed by atoms with Gasteiger partial charge in [0.15, 0.2) is 0 Å². The summed E-state index contributed by atoms with van der Waals surface area (Å²) in [6, 6.07) is 11.0. The largest absolute Gasteiger partial charge is 0.495 e. The Balaban J connectivity index is 1.82. The van der Waals surface area contributed by atoms with Gasteiger partial charge in [-0.2, -0.15) is 4.72 Å². The molecule has 0 aromatic heterocycles. The summed E-state index contributed by atoms with van der Waals surface area (Å²) in [5.41, 5.74) is 1.90. The van der Waals surface area contributed by atoms with Crippen molar-refractivity contribution in [2.45, 2.75) is 24.3 Å². The average molecular weight is 395 g/mol. The topological polar surface area (TPSA) is 75.7 Å². The molecule has 0 unspecified atom stereocenters. The summed E-state index contributed by atoms with van der Waals surface area (Å²) < 4.78 is 33.0. The number of carbonyl (C=O) groups is 1. The van der Waals surface area contributed by atoms with Gasteiger partial charge < -0.3 is 9.64 Å². The van der Waals surface area contributed by atoms with Crippen LogP contribution in [-0.2, 0) is 21.2 Å². The van der Waals surface area contributed by atoms with Crippen LogP contribution in [0.4, 0.5) is 5.69 Å². The molecule has 1 heterocycles. The van der Waals surface area contributed by atoms with Crippen molar-refractivity contribution in [1.29, 1.82) is 0 Å². The molecule has 0 aliphatic carbocycles. The first-order valence-electron chi connectivity index (χ1n) is 8.08. The minimum absolute atomic E-state index is 0.103. The van der Waals surface area contributed by atoms with Crippen LogP contribution in [-0.4, -0.2) is 34.0 Å². The minimum Gasteiger partial charge on any atom is -0.495 e. The minimum atomic E-state index is -3.98. The molecule has 6 nitrogen and oxygen atoms in total. The zero-order chi connectivity index (χ0) is 18.9. The molecule has 2 aromatic rings. The lowest BCUT2D eigenvalue weighted by Gasteiger charge is -2.22. The van der Waals surface area contributed by atoms with E-state index in [4.69, 9.17) is 16.3 Å². The molecule has 2 aromatic carbocycles. The van der Waals surface area contributed by atoms with E-state index in [0.717, 1.165) is 17.7 Å². The molecule has 138 valence electrons. The molecule has 0 bridgehead atoms. The molecular formula is C18H19ClN2O4S. The van der Waals surface area contributed by atoms with E-state index in [1.54, 1.807) is 4.90 Å². The number of para-hydroxylation sites is 1. The molecule has 3 rings (SSSR count). The number of anilines is 1. The molecule has 1 aliphatic rings. The molecule has 1 N–H and O–H groups in total. The van der Waals surface area contributed by atoms with Gasteiger partial charge in [-0.25, -0.2) is 8.42 Å². The Morgan fingerprint density at radius 3 is 2.73 bits per heavy atom. The molecule has 0 saturated carbocycles. The summed E-state index contributed by atoms with van der Waals surface area (Å²) >= 11 is 5.92. The van der Waals surface area contributed by atoms with Gasteiger partial charge in [-0.15, -0.1) is 0 Å². The molecule has 1 amide bonds. The fourth-order valence-electron chi connectivity index (χ4n) is 3.01. The number of hydrogen-bond donors (Lipinski definition) is 1. The highest BCUT2D eigenvalue weighted by Gasteiger charge is 2.31. The average Bonchev–Trinajstić information content (AvgIpc) is 3.04. The zero-order valence-electron chi connectivity index (χ0n) is 14.4. The van der Waals surface area contributed by atoms with Crippen LogP contribution < -0.4 is 14.4 Å². The maximum Gasteiger partial charge on any atom is 0.245 e. The Labute approximate surface area is 157 Å². The van der Waals surface area contributed by atoms with Gasteiger partial charge in [0.2, 0.25) is 15.9 Å². The van der Waals surface area contributed by atoms with E-state index in [0.29, 0.717) is 6.54 Å². The van der Waals surface area contributed by atoms with Crippen molar-refractivity contribution in [1.82, 2.24) is 4.72 Å². The second kappa shape index (κ2) is 7.26. The van der Waals surface area contributed by atoms with Crippen molar-refractivity contribution in [2.75, 3.05) is 18.6 Å². The number of sulfonamides is 1. The first-order valence-corrected chi connectivity index (χ1v) is 9.95. The molecule has 0 radical (unpaired) electrons. The predicted octanol–water partition coefficient (Wildman–Crippen LogP) is 2.60. The number of rotatable bonds is 5. The van der Waals surface area contributed by atoms with E-state index in [9.17, 15) is 13.2 Å². The van der Waals surface area contributed by atoms with E-state index >= 15 is 0 Å². The van der Waals surface area contributed by atoms with Crippen molar-refractivity contribution in [3.8, 4) is 5.75 Å². The van der Waals surface area contributed by atoms with Gasteiger partial charge in [-0.1, -0.05) is 29.8 Å². The van der Waals surface area contributed by atoms with Crippen molar-refractivity contribution in [3.05, 3.63) is 53.1 Å². The molecule has 1 atom stereocenters. The maximum atomic E-state index is 12.8. The number of halogens is 1. The molecule has 1 aliphatic heterocycles. The van der Waals surface area contributed by atoms with Gasteiger partial charge >= 0.3 is 0 Å². The number of benzene rings is 2. The van der Waals surface area contributed by atoms with E-state index in [2.05, 4.69) is 4.72 Å². The number of methoxy groups -OCH3 is 1. The fourth-order valence-corrected chi connectivity index (χ4v) is 4.64. The van der Waals surface area contributed by atoms with Gasteiger partial charge in [0, 0.05) is 17.3 Å². The number of fused-ring (bicyclic) bond motifs is 1. The van der Waals surface area contributed by atoms with Crippen LogP contribution in [0.2, 0.25) is 5.02 Å². The third-order valence-electron chi connectivity index (χ3n) is 4.27. The standard InChI is InChI=1S/C18H19ClN2O4S/c1-12(18(22)21-10-9-13-5-3-4-6-15(13)21)20-26(23,24)17-11-14(19)7-8-16(17)25-2/h3-8,11-12,20H,9-10H2,1-2H3/t12-/m0/s1. The molecule has 8 heteroatoms.